The highest BCUT2D eigenvalue weighted by atomic mass is 35.5. The normalized spacial score (nSPS) is 10.8. The van der Waals surface area contributed by atoms with E-state index in [0.717, 1.165) is 0 Å². The molecule has 0 heterocycles. The van der Waals surface area contributed by atoms with Gasteiger partial charge in [-0.1, -0.05) is 11.6 Å². The molecular weight excluding hydrogens is 302 g/mol. The number of nitrogens with one attached hydrogen (secondary N) is 2. The van der Waals surface area contributed by atoms with Crippen molar-refractivity contribution in [1.29, 1.82) is 0 Å². The van der Waals surface area contributed by atoms with Crippen molar-refractivity contribution < 1.29 is 19.6 Å². The fraction of sp³-hybridized carbons (Fsp3) is 0.333. The Bertz CT molecular complexity index is 588. The topological polar surface area (TPSA) is 122 Å². The number of halogens is 1. The third kappa shape index (κ3) is 4.60. The molecule has 2 amide bonds. The number of aliphatic carboxylic acids is 1. The van der Waals surface area contributed by atoms with E-state index in [2.05, 4.69) is 10.6 Å². The van der Waals surface area contributed by atoms with Crippen molar-refractivity contribution in [3.05, 3.63) is 38.9 Å². The Morgan fingerprint density at radius 1 is 1.43 bits per heavy atom. The molecule has 3 N–H and O–H groups in total. The third-order valence-electron chi connectivity index (χ3n) is 2.64. The second-order valence-corrected chi connectivity index (χ2v) is 5.20. The molecular formula is C12H14ClN3O5. The molecule has 0 radical (unpaired) electrons. The Hall–Kier alpha value is -2.35. The van der Waals surface area contributed by atoms with Crippen molar-refractivity contribution in [2.45, 2.75) is 25.9 Å². The second-order valence-electron chi connectivity index (χ2n) is 4.77. The maximum atomic E-state index is 11.6. The van der Waals surface area contributed by atoms with Gasteiger partial charge in [0.05, 0.1) is 17.0 Å². The van der Waals surface area contributed by atoms with Crippen molar-refractivity contribution in [1.82, 2.24) is 10.6 Å². The maximum Gasteiger partial charge on any atom is 0.328 e. The monoisotopic (exact) mass is 315 g/mol. The van der Waals surface area contributed by atoms with Gasteiger partial charge in [0.2, 0.25) is 0 Å². The lowest BCUT2D eigenvalue weighted by molar-refractivity contribution is -0.385. The molecule has 0 fully saturated rings. The number of urea groups is 1. The van der Waals surface area contributed by atoms with Gasteiger partial charge in [0.25, 0.3) is 5.69 Å². The summed E-state index contributed by atoms with van der Waals surface area (Å²) in [5, 5.41) is 24.6. The van der Waals surface area contributed by atoms with Crippen LogP contribution in [0.1, 0.15) is 19.4 Å². The van der Waals surface area contributed by atoms with E-state index in [1.54, 1.807) is 0 Å². The zero-order valence-corrected chi connectivity index (χ0v) is 12.1. The Morgan fingerprint density at radius 2 is 2.05 bits per heavy atom. The lowest BCUT2D eigenvalue weighted by atomic mass is 10.1. The number of nitro benzene ring substituents is 1. The van der Waals surface area contributed by atoms with Gasteiger partial charge in [-0.25, -0.2) is 9.59 Å². The number of benzene rings is 1. The summed E-state index contributed by atoms with van der Waals surface area (Å²) in [4.78, 5) is 32.7. The first-order chi connectivity index (χ1) is 9.63. The largest absolute Gasteiger partial charge is 0.480 e. The highest BCUT2D eigenvalue weighted by molar-refractivity contribution is 6.30. The van der Waals surface area contributed by atoms with Gasteiger partial charge in [-0.2, -0.15) is 0 Å². The molecule has 114 valence electrons. The van der Waals surface area contributed by atoms with E-state index in [0.29, 0.717) is 5.02 Å². The first kappa shape index (κ1) is 16.7. The second kappa shape index (κ2) is 6.40. The van der Waals surface area contributed by atoms with Crippen molar-refractivity contribution in [3.63, 3.8) is 0 Å². The molecule has 8 nitrogen and oxygen atoms in total. The molecule has 1 aromatic rings. The van der Waals surface area contributed by atoms with E-state index >= 15 is 0 Å². The lowest BCUT2D eigenvalue weighted by Gasteiger charge is -2.21. The number of carbonyl (C=O) groups is 2. The van der Waals surface area contributed by atoms with Crippen LogP contribution in [0.5, 0.6) is 0 Å². The van der Waals surface area contributed by atoms with Gasteiger partial charge in [0.15, 0.2) is 0 Å². The van der Waals surface area contributed by atoms with Crippen molar-refractivity contribution in [3.8, 4) is 0 Å². The lowest BCUT2D eigenvalue weighted by Crippen LogP contribution is -2.53. The van der Waals surface area contributed by atoms with E-state index in [1.807, 2.05) is 0 Å². The number of nitrogens with zero attached hydrogens (tertiary/aromatic N) is 1. The van der Waals surface area contributed by atoms with E-state index < -0.39 is 22.5 Å². The average molecular weight is 316 g/mol. The van der Waals surface area contributed by atoms with Crippen LogP contribution >= 0.6 is 11.6 Å². The molecule has 0 aromatic heterocycles. The van der Waals surface area contributed by atoms with Gasteiger partial charge >= 0.3 is 12.0 Å². The zero-order chi connectivity index (χ0) is 16.2. The van der Waals surface area contributed by atoms with Crippen LogP contribution in [0.4, 0.5) is 10.5 Å². The number of nitro groups is 1. The number of hydrogen-bond donors (Lipinski definition) is 3. The van der Waals surface area contributed by atoms with Gasteiger partial charge < -0.3 is 15.7 Å². The van der Waals surface area contributed by atoms with Crippen LogP contribution in [0, 0.1) is 10.1 Å². The predicted molar refractivity (Wildman–Crippen MR) is 75.2 cm³/mol. The average Bonchev–Trinajstić information content (AvgIpc) is 2.35. The summed E-state index contributed by atoms with van der Waals surface area (Å²) in [6.45, 7) is 2.48. The fourth-order valence-electron chi connectivity index (χ4n) is 1.43. The van der Waals surface area contributed by atoms with Crippen LogP contribution in [0.2, 0.25) is 5.02 Å². The predicted octanol–water partition coefficient (Wildman–Crippen LogP) is 1.91. The number of carbonyl (C=O) groups excluding carboxylic acids is 1. The molecule has 9 heteroatoms. The molecule has 0 aliphatic rings. The Balaban J connectivity index is 2.76. The van der Waals surface area contributed by atoms with E-state index in [9.17, 15) is 19.7 Å². The van der Waals surface area contributed by atoms with Crippen LogP contribution < -0.4 is 10.6 Å². The third-order valence-corrected chi connectivity index (χ3v) is 2.87. The number of amides is 2. The summed E-state index contributed by atoms with van der Waals surface area (Å²) in [5.74, 6) is -1.20. The molecule has 0 aliphatic carbocycles. The summed E-state index contributed by atoms with van der Waals surface area (Å²) in [5.41, 5.74) is -1.42. The maximum absolute atomic E-state index is 11.6. The highest BCUT2D eigenvalue weighted by Crippen LogP contribution is 2.22. The van der Waals surface area contributed by atoms with E-state index in [4.69, 9.17) is 16.7 Å². The molecule has 0 aliphatic heterocycles. The Labute approximate surface area is 125 Å². The van der Waals surface area contributed by atoms with Gasteiger partial charge in [0, 0.05) is 11.1 Å². The fourth-order valence-corrected chi connectivity index (χ4v) is 1.63. The minimum atomic E-state index is -1.45. The van der Waals surface area contributed by atoms with Gasteiger partial charge in [-0.3, -0.25) is 10.1 Å². The SMILES string of the molecule is CC(C)(NC(=O)NCc1cc(Cl)ccc1[N+](=O)[O-])C(=O)O. The molecule has 0 atom stereocenters. The molecule has 1 rings (SSSR count). The summed E-state index contributed by atoms with van der Waals surface area (Å²) >= 11 is 5.76. The molecule has 0 unspecified atom stereocenters. The van der Waals surface area contributed by atoms with E-state index in [-0.39, 0.29) is 17.8 Å². The zero-order valence-electron chi connectivity index (χ0n) is 11.3. The van der Waals surface area contributed by atoms with Crippen LogP contribution in [0.25, 0.3) is 0 Å². The molecule has 21 heavy (non-hydrogen) atoms. The number of carboxylic acid groups (broad SMARTS) is 1. The summed E-state index contributed by atoms with van der Waals surface area (Å²) in [6.07, 6.45) is 0. The molecule has 0 bridgehead atoms. The van der Waals surface area contributed by atoms with Crippen LogP contribution in [-0.2, 0) is 11.3 Å². The first-order valence-electron chi connectivity index (χ1n) is 5.85. The van der Waals surface area contributed by atoms with Crippen LogP contribution in [0.3, 0.4) is 0 Å². The van der Waals surface area contributed by atoms with Crippen molar-refractivity contribution in [2.24, 2.45) is 0 Å². The van der Waals surface area contributed by atoms with Crippen molar-refractivity contribution >= 4 is 29.3 Å². The Morgan fingerprint density at radius 3 is 2.57 bits per heavy atom. The summed E-state index contributed by atoms with van der Waals surface area (Å²) < 4.78 is 0. The molecule has 0 saturated heterocycles. The van der Waals surface area contributed by atoms with E-state index in [1.165, 1.54) is 32.0 Å². The summed E-state index contributed by atoms with van der Waals surface area (Å²) in [6, 6.07) is 3.22. The van der Waals surface area contributed by atoms with Gasteiger partial charge in [-0.15, -0.1) is 0 Å². The van der Waals surface area contributed by atoms with Gasteiger partial charge in [-0.05, 0) is 26.0 Å². The highest BCUT2D eigenvalue weighted by Gasteiger charge is 2.29. The van der Waals surface area contributed by atoms with Gasteiger partial charge in [0.1, 0.15) is 5.54 Å². The van der Waals surface area contributed by atoms with Crippen molar-refractivity contribution in [2.75, 3.05) is 0 Å². The molecule has 0 spiro atoms. The van der Waals surface area contributed by atoms with Crippen LogP contribution in [-0.4, -0.2) is 27.6 Å². The van der Waals surface area contributed by atoms with Crippen LogP contribution in [0.15, 0.2) is 18.2 Å². The molecule has 1 aromatic carbocycles. The number of rotatable bonds is 5. The minimum Gasteiger partial charge on any atom is -0.480 e. The molecule has 0 saturated carbocycles. The number of hydrogen-bond acceptors (Lipinski definition) is 4. The summed E-state index contributed by atoms with van der Waals surface area (Å²) in [7, 11) is 0. The quantitative estimate of drug-likeness (QED) is 0.566. The number of carboxylic acids is 1. The standard InChI is InChI=1S/C12H14ClN3O5/c1-12(2,10(17)18)15-11(19)14-6-7-5-8(13)3-4-9(7)16(20)21/h3-5H,6H2,1-2H3,(H,17,18)(H2,14,15,19). The Kier molecular flexibility index (Phi) is 5.09. The smallest absolute Gasteiger partial charge is 0.328 e. The first-order valence-corrected chi connectivity index (χ1v) is 6.23. The minimum absolute atomic E-state index is 0.154.